The Balaban J connectivity index is 2.75. The van der Waals surface area contributed by atoms with Crippen LogP contribution in [-0.4, -0.2) is 5.97 Å². The first-order valence-electron chi connectivity index (χ1n) is 3.99. The highest BCUT2D eigenvalue weighted by Crippen LogP contribution is 2.15. The second kappa shape index (κ2) is 5.25. The van der Waals surface area contributed by atoms with Gasteiger partial charge in [-0.25, -0.2) is 4.79 Å². The van der Waals surface area contributed by atoms with Crippen LogP contribution in [0.15, 0.2) is 49.3 Å². The summed E-state index contributed by atoms with van der Waals surface area (Å²) in [6.07, 6.45) is 4.30. The summed E-state index contributed by atoms with van der Waals surface area (Å²) in [5.74, 6) is -0.478. The summed E-state index contributed by atoms with van der Waals surface area (Å²) in [5.41, 5.74) is 0.350. The SMILES string of the molecule is C=CC=COC(=O)c1ccccc1Cl. The molecule has 1 aromatic carbocycles. The van der Waals surface area contributed by atoms with Gasteiger partial charge >= 0.3 is 5.97 Å². The molecule has 0 bridgehead atoms. The number of carbonyl (C=O) groups is 1. The molecule has 0 heterocycles. The smallest absolute Gasteiger partial charge is 0.344 e. The maximum atomic E-state index is 11.3. The van der Waals surface area contributed by atoms with Crippen molar-refractivity contribution in [1.29, 1.82) is 0 Å². The van der Waals surface area contributed by atoms with E-state index < -0.39 is 5.97 Å². The van der Waals surface area contributed by atoms with Crippen molar-refractivity contribution in [2.45, 2.75) is 0 Å². The molecule has 72 valence electrons. The molecule has 0 unspecified atom stereocenters. The minimum Gasteiger partial charge on any atom is -0.431 e. The lowest BCUT2D eigenvalue weighted by atomic mass is 10.2. The van der Waals surface area contributed by atoms with Gasteiger partial charge in [0.25, 0.3) is 0 Å². The first-order valence-corrected chi connectivity index (χ1v) is 4.36. The van der Waals surface area contributed by atoms with E-state index in [2.05, 4.69) is 6.58 Å². The first-order chi connectivity index (χ1) is 6.75. The standard InChI is InChI=1S/C11H9ClO2/c1-2-3-8-14-11(13)9-6-4-5-7-10(9)12/h2-8H,1H2. The van der Waals surface area contributed by atoms with E-state index in [-0.39, 0.29) is 0 Å². The largest absolute Gasteiger partial charge is 0.431 e. The van der Waals surface area contributed by atoms with E-state index in [1.807, 2.05) is 0 Å². The first kappa shape index (κ1) is 10.5. The summed E-state index contributed by atoms with van der Waals surface area (Å²) in [6.45, 7) is 3.44. The Bertz CT molecular complexity index is 369. The summed E-state index contributed by atoms with van der Waals surface area (Å²) < 4.78 is 4.77. The number of esters is 1. The molecule has 0 N–H and O–H groups in total. The van der Waals surface area contributed by atoms with Crippen molar-refractivity contribution < 1.29 is 9.53 Å². The lowest BCUT2D eigenvalue weighted by Gasteiger charge is -2.00. The molecule has 1 rings (SSSR count). The highest BCUT2D eigenvalue weighted by Gasteiger charge is 2.08. The zero-order chi connectivity index (χ0) is 10.4. The number of allylic oxidation sites excluding steroid dienone is 2. The van der Waals surface area contributed by atoms with Crippen molar-refractivity contribution in [3.05, 3.63) is 59.8 Å². The highest BCUT2D eigenvalue weighted by molar-refractivity contribution is 6.33. The topological polar surface area (TPSA) is 26.3 Å². The van der Waals surface area contributed by atoms with Gasteiger partial charge in [0, 0.05) is 0 Å². The number of carbonyl (C=O) groups excluding carboxylic acids is 1. The van der Waals surface area contributed by atoms with Gasteiger partial charge in [-0.05, 0) is 18.2 Å². The zero-order valence-electron chi connectivity index (χ0n) is 7.44. The number of benzene rings is 1. The average Bonchev–Trinajstić information content (AvgIpc) is 2.18. The number of hydrogen-bond acceptors (Lipinski definition) is 2. The second-order valence-corrected chi connectivity index (χ2v) is 2.86. The number of ether oxygens (including phenoxy) is 1. The van der Waals surface area contributed by atoms with Crippen molar-refractivity contribution in [2.24, 2.45) is 0 Å². The Kier molecular flexibility index (Phi) is 3.95. The molecule has 14 heavy (non-hydrogen) atoms. The van der Waals surface area contributed by atoms with Crippen LogP contribution in [0.4, 0.5) is 0 Å². The Labute approximate surface area is 87.5 Å². The molecule has 0 radical (unpaired) electrons. The fourth-order valence-corrected chi connectivity index (χ4v) is 1.06. The molecule has 0 atom stereocenters. The van der Waals surface area contributed by atoms with E-state index in [0.29, 0.717) is 10.6 Å². The van der Waals surface area contributed by atoms with Crippen molar-refractivity contribution in [2.75, 3.05) is 0 Å². The van der Waals surface area contributed by atoms with Crippen LogP contribution < -0.4 is 0 Å². The maximum absolute atomic E-state index is 11.3. The molecular weight excluding hydrogens is 200 g/mol. The second-order valence-electron chi connectivity index (χ2n) is 2.45. The minimum absolute atomic E-state index is 0.350. The van der Waals surface area contributed by atoms with Gasteiger partial charge in [-0.3, -0.25) is 0 Å². The van der Waals surface area contributed by atoms with Crippen molar-refractivity contribution in [3.63, 3.8) is 0 Å². The molecule has 0 saturated carbocycles. The van der Waals surface area contributed by atoms with E-state index in [1.54, 1.807) is 24.3 Å². The predicted octanol–water partition coefficient (Wildman–Crippen LogP) is 3.20. The van der Waals surface area contributed by atoms with E-state index >= 15 is 0 Å². The van der Waals surface area contributed by atoms with E-state index in [1.165, 1.54) is 18.4 Å². The quantitative estimate of drug-likeness (QED) is 0.433. The Hall–Kier alpha value is -1.54. The fraction of sp³-hybridized carbons (Fsp3) is 0. The van der Waals surface area contributed by atoms with Gasteiger partial charge in [-0.15, -0.1) is 0 Å². The van der Waals surface area contributed by atoms with Crippen molar-refractivity contribution in [1.82, 2.24) is 0 Å². The van der Waals surface area contributed by atoms with E-state index in [4.69, 9.17) is 16.3 Å². The van der Waals surface area contributed by atoms with Gasteiger partial charge in [-0.2, -0.15) is 0 Å². The van der Waals surface area contributed by atoms with Crippen LogP contribution in [0.3, 0.4) is 0 Å². The Morgan fingerprint density at radius 2 is 2.14 bits per heavy atom. The van der Waals surface area contributed by atoms with Crippen LogP contribution >= 0.6 is 11.6 Å². The Morgan fingerprint density at radius 3 is 2.79 bits per heavy atom. The molecule has 2 nitrogen and oxygen atoms in total. The van der Waals surface area contributed by atoms with Crippen LogP contribution in [0, 0.1) is 0 Å². The van der Waals surface area contributed by atoms with Gasteiger partial charge in [0.1, 0.15) is 0 Å². The molecule has 0 spiro atoms. The van der Waals surface area contributed by atoms with Crippen molar-refractivity contribution >= 4 is 17.6 Å². The normalized spacial score (nSPS) is 10.1. The minimum atomic E-state index is -0.478. The highest BCUT2D eigenvalue weighted by atomic mass is 35.5. The molecule has 0 aliphatic heterocycles. The van der Waals surface area contributed by atoms with Gasteiger partial charge in [0.05, 0.1) is 16.8 Å². The van der Waals surface area contributed by atoms with E-state index in [0.717, 1.165) is 0 Å². The molecule has 3 heteroatoms. The van der Waals surface area contributed by atoms with Gasteiger partial charge in [0.15, 0.2) is 0 Å². The summed E-state index contributed by atoms with van der Waals surface area (Å²) in [4.78, 5) is 11.3. The zero-order valence-corrected chi connectivity index (χ0v) is 8.20. The number of rotatable bonds is 3. The maximum Gasteiger partial charge on any atom is 0.344 e. The summed E-state index contributed by atoms with van der Waals surface area (Å²) >= 11 is 5.79. The van der Waals surface area contributed by atoms with Crippen LogP contribution in [0.2, 0.25) is 5.02 Å². The lowest BCUT2D eigenvalue weighted by molar-refractivity contribution is 0.0663. The third-order valence-corrected chi connectivity index (χ3v) is 1.81. The van der Waals surface area contributed by atoms with Crippen LogP contribution in [0.25, 0.3) is 0 Å². The predicted molar refractivity (Wildman–Crippen MR) is 56.2 cm³/mol. The molecular formula is C11H9ClO2. The Morgan fingerprint density at radius 1 is 1.43 bits per heavy atom. The molecule has 0 fully saturated rings. The summed E-state index contributed by atoms with van der Waals surface area (Å²) in [7, 11) is 0. The van der Waals surface area contributed by atoms with Gasteiger partial charge in [0.2, 0.25) is 0 Å². The number of hydrogen-bond donors (Lipinski definition) is 0. The van der Waals surface area contributed by atoms with Crippen LogP contribution in [0.1, 0.15) is 10.4 Å². The summed E-state index contributed by atoms with van der Waals surface area (Å²) in [6, 6.07) is 6.71. The third-order valence-electron chi connectivity index (χ3n) is 1.48. The average molecular weight is 209 g/mol. The molecule has 0 aliphatic carbocycles. The van der Waals surface area contributed by atoms with Gasteiger partial charge in [-0.1, -0.05) is 36.4 Å². The molecule has 0 amide bonds. The molecule has 0 aliphatic rings. The van der Waals surface area contributed by atoms with Crippen LogP contribution in [-0.2, 0) is 4.74 Å². The molecule has 0 aromatic heterocycles. The molecule has 0 saturated heterocycles. The van der Waals surface area contributed by atoms with E-state index in [9.17, 15) is 4.79 Å². The van der Waals surface area contributed by atoms with Crippen LogP contribution in [0.5, 0.6) is 0 Å². The fourth-order valence-electron chi connectivity index (χ4n) is 0.847. The lowest BCUT2D eigenvalue weighted by Crippen LogP contribution is -2.00. The monoisotopic (exact) mass is 208 g/mol. The number of halogens is 1. The van der Waals surface area contributed by atoms with Crippen molar-refractivity contribution in [3.8, 4) is 0 Å². The molecule has 1 aromatic rings. The summed E-state index contributed by atoms with van der Waals surface area (Å²) in [5, 5.41) is 0.379. The third kappa shape index (κ3) is 2.75. The van der Waals surface area contributed by atoms with Gasteiger partial charge < -0.3 is 4.74 Å².